The minimum Gasteiger partial charge on any atom is -0.369 e. The van der Waals surface area contributed by atoms with Crippen LogP contribution in [0.2, 0.25) is 0 Å². The molecule has 4 aromatic rings. The van der Waals surface area contributed by atoms with Gasteiger partial charge in [0.25, 0.3) is 11.8 Å². The maximum absolute atomic E-state index is 15.4. The highest BCUT2D eigenvalue weighted by Crippen LogP contribution is 2.32. The largest absolute Gasteiger partial charge is 0.369 e. The number of piperazine rings is 1. The molecule has 3 aliphatic heterocycles. The number of nitrogens with one attached hydrogen (secondary N) is 4. The fourth-order valence-electron chi connectivity index (χ4n) is 8.47. The standard InChI is InChI=1S/C42H46FN7O4/c43-35-23-29(6-9-33(35)38-24-28(12-15-44-38)37-25-34-36(47-37)13-16-45-41(34)53)40(52)46-30-7-4-26(5-8-30)14-17-49-18-20-50(21-19-49)31-3-1-2-27(22-31)32-10-11-39(51)48-42(32)54/h1-3,6,9,12,15,22-26,30,32,47H,4-5,7-8,10-11,13-14,16-21H2,(H,45,53)(H,46,52)(H,48,51,54)/t26-,30-,32?. The number of amides is 4. The third-order valence-electron chi connectivity index (χ3n) is 11.7. The molecule has 1 unspecified atom stereocenters. The lowest BCUT2D eigenvalue weighted by atomic mass is 9.84. The van der Waals surface area contributed by atoms with Gasteiger partial charge in [-0.25, -0.2) is 4.39 Å². The van der Waals surface area contributed by atoms with Gasteiger partial charge in [0, 0.05) is 91.6 Å². The highest BCUT2D eigenvalue weighted by atomic mass is 19.1. The van der Waals surface area contributed by atoms with Gasteiger partial charge in [0.15, 0.2) is 0 Å². The van der Waals surface area contributed by atoms with E-state index in [0.29, 0.717) is 47.7 Å². The Hall–Kier alpha value is -5.36. The molecule has 2 saturated heterocycles. The number of benzene rings is 2. The molecule has 3 fully saturated rings. The Morgan fingerprint density at radius 3 is 2.50 bits per heavy atom. The van der Waals surface area contributed by atoms with Crippen LogP contribution in [0, 0.1) is 11.7 Å². The van der Waals surface area contributed by atoms with Gasteiger partial charge in [0.2, 0.25) is 11.8 Å². The van der Waals surface area contributed by atoms with Gasteiger partial charge in [-0.15, -0.1) is 0 Å². The van der Waals surface area contributed by atoms with Gasteiger partial charge < -0.3 is 20.5 Å². The first-order valence-corrected chi connectivity index (χ1v) is 19.3. The molecular formula is C42H46FN7O4. The predicted molar refractivity (Wildman–Crippen MR) is 204 cm³/mol. The van der Waals surface area contributed by atoms with Crippen molar-refractivity contribution in [1.82, 2.24) is 30.8 Å². The molecule has 0 bridgehead atoms. The number of rotatable bonds is 9. The minimum absolute atomic E-state index is 0.0722. The molecule has 1 aliphatic carbocycles. The fraction of sp³-hybridized carbons (Fsp3) is 0.405. The zero-order chi connectivity index (χ0) is 37.2. The maximum atomic E-state index is 15.4. The summed E-state index contributed by atoms with van der Waals surface area (Å²) in [6.07, 6.45) is 8.36. The van der Waals surface area contributed by atoms with E-state index in [9.17, 15) is 19.2 Å². The van der Waals surface area contributed by atoms with Crippen LogP contribution < -0.4 is 20.9 Å². The third kappa shape index (κ3) is 7.79. The number of piperidine rings is 1. The van der Waals surface area contributed by atoms with E-state index in [4.69, 9.17) is 0 Å². The molecular weight excluding hydrogens is 686 g/mol. The van der Waals surface area contributed by atoms with E-state index in [1.54, 1.807) is 24.4 Å². The topological polar surface area (TPSA) is 140 Å². The van der Waals surface area contributed by atoms with E-state index in [2.05, 4.69) is 47.9 Å². The van der Waals surface area contributed by atoms with Crippen LogP contribution in [0.15, 0.2) is 66.9 Å². The number of carbonyl (C=O) groups excluding carboxylic acids is 4. The molecule has 2 aromatic heterocycles. The lowest BCUT2D eigenvalue weighted by Crippen LogP contribution is -2.47. The lowest BCUT2D eigenvalue weighted by molar-refractivity contribution is -0.134. The normalized spacial score (nSPS) is 22.0. The molecule has 2 aromatic carbocycles. The molecule has 0 radical (unpaired) electrons. The molecule has 4 N–H and O–H groups in total. The lowest BCUT2D eigenvalue weighted by Gasteiger charge is -2.37. The van der Waals surface area contributed by atoms with Crippen molar-refractivity contribution in [2.75, 3.05) is 44.2 Å². The molecule has 4 aliphatic rings. The first-order valence-electron chi connectivity index (χ1n) is 19.3. The van der Waals surface area contributed by atoms with Gasteiger partial charge in [-0.2, -0.15) is 0 Å². The maximum Gasteiger partial charge on any atom is 0.253 e. The Labute approximate surface area is 314 Å². The smallest absolute Gasteiger partial charge is 0.253 e. The number of H-pyrrole nitrogens is 1. The second-order valence-corrected chi connectivity index (χ2v) is 15.1. The summed E-state index contributed by atoms with van der Waals surface area (Å²) in [5, 5.41) is 8.47. The van der Waals surface area contributed by atoms with Gasteiger partial charge in [-0.3, -0.25) is 34.4 Å². The molecule has 280 valence electrons. The van der Waals surface area contributed by atoms with E-state index in [0.717, 1.165) is 99.5 Å². The number of pyridine rings is 1. The van der Waals surface area contributed by atoms with Crippen LogP contribution in [0.3, 0.4) is 0 Å². The number of halogens is 1. The summed E-state index contributed by atoms with van der Waals surface area (Å²) < 4.78 is 15.4. The van der Waals surface area contributed by atoms with Crippen molar-refractivity contribution < 1.29 is 23.6 Å². The number of aromatic amines is 1. The highest BCUT2D eigenvalue weighted by molar-refractivity contribution is 6.01. The second kappa shape index (κ2) is 15.5. The Bertz CT molecular complexity index is 2060. The second-order valence-electron chi connectivity index (χ2n) is 15.1. The van der Waals surface area contributed by atoms with E-state index in [1.807, 2.05) is 24.3 Å². The average molecular weight is 732 g/mol. The Morgan fingerprint density at radius 2 is 1.72 bits per heavy atom. The van der Waals surface area contributed by atoms with E-state index >= 15 is 4.39 Å². The van der Waals surface area contributed by atoms with E-state index in [1.165, 1.54) is 6.07 Å². The van der Waals surface area contributed by atoms with Gasteiger partial charge in [0.05, 0.1) is 17.2 Å². The van der Waals surface area contributed by atoms with Gasteiger partial charge in [-0.05, 0) is 105 Å². The monoisotopic (exact) mass is 731 g/mol. The molecule has 11 nitrogen and oxygen atoms in total. The van der Waals surface area contributed by atoms with Crippen molar-refractivity contribution in [1.29, 1.82) is 0 Å². The van der Waals surface area contributed by atoms with Crippen molar-refractivity contribution >= 4 is 29.3 Å². The summed E-state index contributed by atoms with van der Waals surface area (Å²) in [6.45, 7) is 5.48. The summed E-state index contributed by atoms with van der Waals surface area (Å²) >= 11 is 0. The summed E-state index contributed by atoms with van der Waals surface area (Å²) in [4.78, 5) is 62.0. The molecule has 1 saturated carbocycles. The van der Waals surface area contributed by atoms with Gasteiger partial charge >= 0.3 is 0 Å². The number of aromatic nitrogens is 2. The molecule has 5 heterocycles. The van der Waals surface area contributed by atoms with Crippen LogP contribution in [0.5, 0.6) is 0 Å². The molecule has 0 spiro atoms. The number of fused-ring (bicyclic) bond motifs is 1. The molecule has 1 atom stereocenters. The van der Waals surface area contributed by atoms with Crippen molar-refractivity contribution in [3.63, 3.8) is 0 Å². The van der Waals surface area contributed by atoms with Crippen LogP contribution in [0.25, 0.3) is 22.5 Å². The Balaban J connectivity index is 0.783. The number of hydrogen-bond donors (Lipinski definition) is 4. The summed E-state index contributed by atoms with van der Waals surface area (Å²) in [6, 6.07) is 18.3. The molecule has 8 rings (SSSR count). The summed E-state index contributed by atoms with van der Waals surface area (Å²) in [7, 11) is 0. The van der Waals surface area contributed by atoms with Crippen LogP contribution in [-0.4, -0.2) is 83.8 Å². The SMILES string of the molecule is O=C1CCC(c2cccc(N3CCN(CC[C@H]4CC[C@H](NC(=O)c5ccc(-c6cc(-c7cc8c([nH]7)CCNC8=O)ccn6)c(F)c5)CC4)CC3)c2)C(=O)N1. The van der Waals surface area contributed by atoms with Crippen LogP contribution >= 0.6 is 0 Å². The Kier molecular flexibility index (Phi) is 10.3. The first-order chi connectivity index (χ1) is 26.3. The van der Waals surface area contributed by atoms with Gasteiger partial charge in [0.1, 0.15) is 5.82 Å². The van der Waals surface area contributed by atoms with Crippen LogP contribution in [0.1, 0.15) is 82.8 Å². The summed E-state index contributed by atoms with van der Waals surface area (Å²) in [5.41, 5.74) is 6.24. The highest BCUT2D eigenvalue weighted by Gasteiger charge is 2.29. The molecule has 54 heavy (non-hydrogen) atoms. The predicted octanol–water partition coefficient (Wildman–Crippen LogP) is 5.19. The number of carbonyl (C=O) groups is 4. The summed E-state index contributed by atoms with van der Waals surface area (Å²) in [5.74, 6) is -0.919. The number of anilines is 1. The Morgan fingerprint density at radius 1 is 0.889 bits per heavy atom. The van der Waals surface area contributed by atoms with Crippen LogP contribution in [0.4, 0.5) is 10.1 Å². The number of hydrogen-bond acceptors (Lipinski definition) is 7. The third-order valence-corrected chi connectivity index (χ3v) is 11.7. The molecule has 4 amide bonds. The van der Waals surface area contributed by atoms with Crippen molar-refractivity contribution in [2.45, 2.75) is 63.3 Å². The van der Waals surface area contributed by atoms with Crippen molar-refractivity contribution in [2.24, 2.45) is 5.92 Å². The first kappa shape index (κ1) is 35.7. The molecule has 12 heteroatoms. The van der Waals surface area contributed by atoms with E-state index in [-0.39, 0.29) is 35.6 Å². The fourth-order valence-corrected chi connectivity index (χ4v) is 8.47. The van der Waals surface area contributed by atoms with Crippen molar-refractivity contribution in [3.8, 4) is 22.5 Å². The number of imide groups is 1. The van der Waals surface area contributed by atoms with Crippen LogP contribution in [-0.2, 0) is 16.0 Å². The minimum atomic E-state index is -0.511. The zero-order valence-electron chi connectivity index (χ0n) is 30.3. The quantitative estimate of drug-likeness (QED) is 0.174. The average Bonchev–Trinajstić information content (AvgIpc) is 3.64. The zero-order valence-corrected chi connectivity index (χ0v) is 30.3. The van der Waals surface area contributed by atoms with E-state index < -0.39 is 5.82 Å². The van der Waals surface area contributed by atoms with Gasteiger partial charge in [-0.1, -0.05) is 12.1 Å². The number of nitrogens with zero attached hydrogens (tertiary/aromatic N) is 3. The van der Waals surface area contributed by atoms with Crippen molar-refractivity contribution in [3.05, 3.63) is 95.1 Å².